The summed E-state index contributed by atoms with van der Waals surface area (Å²) < 4.78 is 0. The average molecular weight is 312 g/mol. The summed E-state index contributed by atoms with van der Waals surface area (Å²) in [7, 11) is 0. The van der Waals surface area contributed by atoms with Crippen molar-refractivity contribution in [2.24, 2.45) is 0 Å². The Morgan fingerprint density at radius 3 is 2.65 bits per heavy atom. The van der Waals surface area contributed by atoms with Crippen LogP contribution < -0.4 is 10.2 Å². The van der Waals surface area contributed by atoms with E-state index in [1.54, 1.807) is 4.90 Å². The predicted octanol–water partition coefficient (Wildman–Crippen LogP) is 3.63. The first-order valence-corrected chi connectivity index (χ1v) is 6.75. The SMILES string of the molecule is CC1=CC(C)(C)NC(=S)N1c1cc([N+](=O)[O-])ccc1Cl. The molecule has 0 bridgehead atoms. The molecule has 0 aromatic heterocycles. The van der Waals surface area contributed by atoms with Crippen LogP contribution in [0.2, 0.25) is 5.02 Å². The van der Waals surface area contributed by atoms with Gasteiger partial charge >= 0.3 is 0 Å². The molecular formula is C13H14ClN3O2S. The summed E-state index contributed by atoms with van der Waals surface area (Å²) in [5.41, 5.74) is 1.10. The minimum absolute atomic E-state index is 0.0233. The Balaban J connectivity index is 2.53. The highest BCUT2D eigenvalue weighted by molar-refractivity contribution is 7.80. The number of nitrogens with zero attached hydrogens (tertiary/aromatic N) is 2. The number of non-ortho nitro benzene ring substituents is 1. The minimum Gasteiger partial charge on any atom is -0.354 e. The number of halogens is 1. The molecule has 0 aliphatic carbocycles. The van der Waals surface area contributed by atoms with Gasteiger partial charge in [0.1, 0.15) is 0 Å². The van der Waals surface area contributed by atoms with Gasteiger partial charge in [0.15, 0.2) is 5.11 Å². The van der Waals surface area contributed by atoms with Crippen LogP contribution in [-0.4, -0.2) is 15.6 Å². The molecule has 1 aromatic rings. The van der Waals surface area contributed by atoms with Crippen LogP contribution in [0.15, 0.2) is 30.0 Å². The van der Waals surface area contributed by atoms with Crippen molar-refractivity contribution in [2.75, 3.05) is 4.90 Å². The fourth-order valence-electron chi connectivity index (χ4n) is 2.20. The maximum Gasteiger partial charge on any atom is 0.271 e. The summed E-state index contributed by atoms with van der Waals surface area (Å²) in [5, 5.41) is 14.9. The van der Waals surface area contributed by atoms with Gasteiger partial charge in [0.2, 0.25) is 0 Å². The van der Waals surface area contributed by atoms with E-state index in [1.807, 2.05) is 26.8 Å². The molecule has 0 saturated heterocycles. The maximum absolute atomic E-state index is 10.9. The Morgan fingerprint density at radius 2 is 2.10 bits per heavy atom. The molecule has 1 N–H and O–H groups in total. The first kappa shape index (κ1) is 14.7. The normalized spacial score (nSPS) is 17.5. The number of nitro benzene ring substituents is 1. The molecule has 0 amide bonds. The highest BCUT2D eigenvalue weighted by Crippen LogP contribution is 2.34. The van der Waals surface area contributed by atoms with E-state index in [0.717, 1.165) is 5.70 Å². The predicted molar refractivity (Wildman–Crippen MR) is 84.2 cm³/mol. The van der Waals surface area contributed by atoms with Crippen LogP contribution in [0.4, 0.5) is 11.4 Å². The Kier molecular flexibility index (Phi) is 3.71. The minimum atomic E-state index is -0.455. The number of anilines is 1. The maximum atomic E-state index is 10.9. The zero-order chi connectivity index (χ0) is 15.1. The van der Waals surface area contributed by atoms with Crippen molar-refractivity contribution in [2.45, 2.75) is 26.3 Å². The zero-order valence-electron chi connectivity index (χ0n) is 11.3. The van der Waals surface area contributed by atoms with Crippen LogP contribution >= 0.6 is 23.8 Å². The number of nitro groups is 1. The third-order valence-corrected chi connectivity index (χ3v) is 3.54. The molecule has 1 aromatic carbocycles. The Hall–Kier alpha value is -1.66. The smallest absolute Gasteiger partial charge is 0.271 e. The summed E-state index contributed by atoms with van der Waals surface area (Å²) in [6, 6.07) is 4.30. The van der Waals surface area contributed by atoms with Gasteiger partial charge in [-0.05, 0) is 45.1 Å². The topological polar surface area (TPSA) is 58.4 Å². The lowest BCUT2D eigenvalue weighted by Crippen LogP contribution is -2.53. The van der Waals surface area contributed by atoms with Crippen LogP contribution in [0.3, 0.4) is 0 Å². The van der Waals surface area contributed by atoms with Crippen molar-refractivity contribution in [3.05, 3.63) is 45.1 Å². The third-order valence-electron chi connectivity index (χ3n) is 2.94. The van der Waals surface area contributed by atoms with Crippen molar-refractivity contribution in [1.82, 2.24) is 5.32 Å². The molecular weight excluding hydrogens is 298 g/mol. The first-order chi connectivity index (χ1) is 9.21. The number of hydrogen-bond acceptors (Lipinski definition) is 3. The van der Waals surface area contributed by atoms with Gasteiger partial charge in [-0.1, -0.05) is 11.6 Å². The fourth-order valence-corrected chi connectivity index (χ4v) is 2.91. The lowest BCUT2D eigenvalue weighted by molar-refractivity contribution is -0.384. The number of thiocarbonyl (C=S) groups is 1. The first-order valence-electron chi connectivity index (χ1n) is 5.97. The van der Waals surface area contributed by atoms with Gasteiger partial charge in [0, 0.05) is 17.8 Å². The van der Waals surface area contributed by atoms with Crippen LogP contribution in [-0.2, 0) is 0 Å². The lowest BCUT2D eigenvalue weighted by Gasteiger charge is -2.38. The van der Waals surface area contributed by atoms with E-state index in [4.69, 9.17) is 23.8 Å². The molecule has 7 heteroatoms. The third kappa shape index (κ3) is 2.76. The molecule has 0 unspecified atom stereocenters. The summed E-state index contributed by atoms with van der Waals surface area (Å²) in [5.74, 6) is 0. The summed E-state index contributed by atoms with van der Waals surface area (Å²) in [6.07, 6.45) is 2.00. The van der Waals surface area contributed by atoms with Crippen LogP contribution in [0.5, 0.6) is 0 Å². The lowest BCUT2D eigenvalue weighted by atomic mass is 10.0. The quantitative estimate of drug-likeness (QED) is 0.513. The van der Waals surface area contributed by atoms with Crippen molar-refractivity contribution in [3.8, 4) is 0 Å². The van der Waals surface area contributed by atoms with Gasteiger partial charge in [0.25, 0.3) is 5.69 Å². The van der Waals surface area contributed by atoms with E-state index < -0.39 is 4.92 Å². The molecule has 1 aliphatic heterocycles. The summed E-state index contributed by atoms with van der Waals surface area (Å²) in [4.78, 5) is 12.1. The number of hydrogen-bond donors (Lipinski definition) is 1. The van der Waals surface area contributed by atoms with E-state index in [-0.39, 0.29) is 11.2 Å². The number of nitrogens with one attached hydrogen (secondary N) is 1. The van der Waals surface area contributed by atoms with E-state index >= 15 is 0 Å². The molecule has 106 valence electrons. The molecule has 2 rings (SSSR count). The second kappa shape index (κ2) is 5.03. The van der Waals surface area contributed by atoms with Crippen LogP contribution in [0.25, 0.3) is 0 Å². The zero-order valence-corrected chi connectivity index (χ0v) is 12.9. The molecule has 0 saturated carbocycles. The van der Waals surface area contributed by atoms with Crippen molar-refractivity contribution in [3.63, 3.8) is 0 Å². The molecule has 0 radical (unpaired) electrons. The molecule has 5 nitrogen and oxygen atoms in total. The van der Waals surface area contributed by atoms with Gasteiger partial charge < -0.3 is 5.32 Å². The molecule has 0 atom stereocenters. The second-order valence-electron chi connectivity index (χ2n) is 5.17. The fraction of sp³-hybridized carbons (Fsp3) is 0.308. The number of allylic oxidation sites excluding steroid dienone is 1. The van der Waals surface area contributed by atoms with Crippen molar-refractivity contribution in [1.29, 1.82) is 0 Å². The molecule has 1 aliphatic rings. The Morgan fingerprint density at radius 1 is 1.45 bits per heavy atom. The van der Waals surface area contributed by atoms with Crippen molar-refractivity contribution >= 4 is 40.3 Å². The van der Waals surface area contributed by atoms with Gasteiger partial charge in [-0.15, -0.1) is 0 Å². The van der Waals surface area contributed by atoms with Gasteiger partial charge in [-0.25, -0.2) is 0 Å². The van der Waals surface area contributed by atoms with E-state index in [2.05, 4.69) is 5.32 Å². The monoisotopic (exact) mass is 311 g/mol. The van der Waals surface area contributed by atoms with Gasteiger partial charge in [-0.2, -0.15) is 0 Å². The molecule has 0 spiro atoms. The Bertz CT molecular complexity index is 628. The van der Waals surface area contributed by atoms with Gasteiger partial charge in [0.05, 0.1) is 21.2 Å². The Labute approximate surface area is 127 Å². The molecule has 20 heavy (non-hydrogen) atoms. The highest BCUT2D eigenvalue weighted by atomic mass is 35.5. The van der Waals surface area contributed by atoms with E-state index in [1.165, 1.54) is 18.2 Å². The van der Waals surface area contributed by atoms with E-state index in [0.29, 0.717) is 15.8 Å². The molecule has 0 fully saturated rings. The largest absolute Gasteiger partial charge is 0.354 e. The summed E-state index contributed by atoms with van der Waals surface area (Å²) >= 11 is 11.5. The number of rotatable bonds is 2. The second-order valence-corrected chi connectivity index (χ2v) is 5.96. The molecule has 1 heterocycles. The van der Waals surface area contributed by atoms with Crippen molar-refractivity contribution < 1.29 is 4.92 Å². The number of benzene rings is 1. The van der Waals surface area contributed by atoms with E-state index in [9.17, 15) is 10.1 Å². The summed E-state index contributed by atoms with van der Waals surface area (Å²) in [6.45, 7) is 5.88. The average Bonchev–Trinajstić information content (AvgIpc) is 2.28. The van der Waals surface area contributed by atoms with Gasteiger partial charge in [-0.3, -0.25) is 15.0 Å². The van der Waals surface area contributed by atoms with Crippen LogP contribution in [0.1, 0.15) is 20.8 Å². The van der Waals surface area contributed by atoms with Crippen LogP contribution in [0, 0.1) is 10.1 Å². The highest BCUT2D eigenvalue weighted by Gasteiger charge is 2.29. The standard InChI is InChI=1S/C13H14ClN3O2S/c1-8-7-13(2,3)15-12(20)16(8)11-6-9(17(18)19)4-5-10(11)14/h4-7H,1-3H3,(H,15,20).